The van der Waals surface area contributed by atoms with Crippen molar-refractivity contribution in [2.45, 2.75) is 90.1 Å². The predicted octanol–water partition coefficient (Wildman–Crippen LogP) is 4.74. The molecule has 1 unspecified atom stereocenters. The van der Waals surface area contributed by atoms with Crippen molar-refractivity contribution < 1.29 is 4.74 Å². The molecule has 2 rings (SSSR count). The summed E-state index contributed by atoms with van der Waals surface area (Å²) in [6, 6.07) is 8.11. The average molecular weight is 416 g/mol. The van der Waals surface area contributed by atoms with Crippen LogP contribution in [-0.2, 0) is 6.42 Å². The van der Waals surface area contributed by atoms with Crippen molar-refractivity contribution in [3.05, 3.63) is 29.8 Å². The first-order valence-corrected chi connectivity index (χ1v) is 11.8. The van der Waals surface area contributed by atoms with Crippen LogP contribution in [0.4, 0.5) is 0 Å². The molecule has 168 valence electrons. The van der Waals surface area contributed by atoms with Crippen molar-refractivity contribution in [3.8, 4) is 5.75 Å². The molecule has 1 aromatic rings. The topological polar surface area (TPSA) is 84.0 Å². The summed E-state index contributed by atoms with van der Waals surface area (Å²) in [5.74, 6) is 2.06. The third-order valence-electron chi connectivity index (χ3n) is 5.51. The number of hydrogen-bond acceptors (Lipinski definition) is 4. The molecule has 6 heteroatoms. The number of unbranched alkanes of at least 4 members (excludes halogenated alkanes) is 9. The Labute approximate surface area is 182 Å². The summed E-state index contributed by atoms with van der Waals surface area (Å²) in [6.45, 7) is 2.96. The molecular formula is C24H41N5O. The number of nitrogens with one attached hydrogen (secondary N) is 2. The van der Waals surface area contributed by atoms with Crippen LogP contribution < -0.4 is 21.1 Å². The van der Waals surface area contributed by atoms with E-state index < -0.39 is 0 Å². The molecule has 1 atom stereocenters. The summed E-state index contributed by atoms with van der Waals surface area (Å²) < 4.78 is 5.20. The maximum Gasteiger partial charge on any atom is 0.199 e. The van der Waals surface area contributed by atoms with Crippen LogP contribution in [0.15, 0.2) is 34.3 Å². The van der Waals surface area contributed by atoms with Gasteiger partial charge in [-0.1, -0.05) is 76.8 Å². The van der Waals surface area contributed by atoms with Gasteiger partial charge in [0.25, 0.3) is 0 Å². The maximum absolute atomic E-state index is 5.95. The van der Waals surface area contributed by atoms with Crippen LogP contribution in [0.2, 0.25) is 0 Å². The molecule has 4 N–H and O–H groups in total. The standard InChI is InChI=1S/C24H41N5O/c1-3-4-5-6-7-8-9-10-11-12-13-22-27-23(25)29-24(28-22)26-19-18-20-14-16-21(30-2)17-15-20/h14-17,22H,3-13,18-19H2,1-2H3,(H4,25,26,27,28,29). The Kier molecular flexibility index (Phi) is 11.8. The Hall–Kier alpha value is -2.24. The second-order valence-electron chi connectivity index (χ2n) is 8.10. The summed E-state index contributed by atoms with van der Waals surface area (Å²) in [5, 5.41) is 6.41. The van der Waals surface area contributed by atoms with E-state index in [0.29, 0.717) is 12.5 Å². The Morgan fingerprint density at radius 1 is 0.967 bits per heavy atom. The van der Waals surface area contributed by atoms with Gasteiger partial charge in [-0.05, 0) is 37.0 Å². The van der Waals surface area contributed by atoms with Crippen molar-refractivity contribution in [2.24, 2.45) is 15.7 Å². The molecule has 0 radical (unpaired) electrons. The third kappa shape index (κ3) is 9.99. The number of hydrogen-bond donors (Lipinski definition) is 3. The van der Waals surface area contributed by atoms with Crippen LogP contribution in [0.1, 0.15) is 83.1 Å². The zero-order valence-corrected chi connectivity index (χ0v) is 19.0. The van der Waals surface area contributed by atoms with Gasteiger partial charge in [-0.25, -0.2) is 4.99 Å². The summed E-state index contributed by atoms with van der Waals surface area (Å²) in [7, 11) is 1.68. The quantitative estimate of drug-likeness (QED) is 0.361. The number of nitrogens with zero attached hydrogens (tertiary/aromatic N) is 2. The number of aliphatic imine (C=N–C) groups is 2. The summed E-state index contributed by atoms with van der Waals surface area (Å²) in [6.07, 6.45) is 15.3. The molecule has 0 saturated carbocycles. The molecule has 1 aliphatic heterocycles. The Balaban J connectivity index is 1.59. The monoisotopic (exact) mass is 415 g/mol. The van der Waals surface area contributed by atoms with Gasteiger partial charge in [0.2, 0.25) is 0 Å². The first-order chi connectivity index (χ1) is 14.7. The predicted molar refractivity (Wildman–Crippen MR) is 127 cm³/mol. The second kappa shape index (κ2) is 14.7. The highest BCUT2D eigenvalue weighted by molar-refractivity contribution is 5.99. The van der Waals surface area contributed by atoms with E-state index in [0.717, 1.165) is 24.6 Å². The number of ether oxygens (including phenoxy) is 1. The van der Waals surface area contributed by atoms with Gasteiger partial charge in [-0.15, -0.1) is 0 Å². The van der Waals surface area contributed by atoms with Crippen molar-refractivity contribution in [1.29, 1.82) is 0 Å². The molecule has 0 spiro atoms. The maximum atomic E-state index is 5.95. The largest absolute Gasteiger partial charge is 0.497 e. The minimum Gasteiger partial charge on any atom is -0.497 e. The normalized spacial score (nSPS) is 17.3. The van der Waals surface area contributed by atoms with Gasteiger partial charge in [-0.3, -0.25) is 10.3 Å². The van der Waals surface area contributed by atoms with Crippen LogP contribution in [0.5, 0.6) is 5.75 Å². The zero-order valence-electron chi connectivity index (χ0n) is 19.0. The lowest BCUT2D eigenvalue weighted by Crippen LogP contribution is -2.53. The van der Waals surface area contributed by atoms with Gasteiger partial charge < -0.3 is 15.8 Å². The third-order valence-corrected chi connectivity index (χ3v) is 5.51. The molecule has 1 aromatic carbocycles. The first kappa shape index (κ1) is 24.0. The minimum atomic E-state index is 0.0278. The van der Waals surface area contributed by atoms with E-state index in [-0.39, 0.29) is 6.17 Å². The van der Waals surface area contributed by atoms with Crippen LogP contribution in [0, 0.1) is 0 Å². The molecule has 6 nitrogen and oxygen atoms in total. The van der Waals surface area contributed by atoms with E-state index in [1.54, 1.807) is 7.11 Å². The lowest BCUT2D eigenvalue weighted by atomic mass is 10.1. The zero-order chi connectivity index (χ0) is 21.4. The number of rotatable bonds is 15. The molecule has 0 aliphatic carbocycles. The Morgan fingerprint density at radius 3 is 2.23 bits per heavy atom. The lowest BCUT2D eigenvalue weighted by molar-refractivity contribution is 0.414. The van der Waals surface area contributed by atoms with E-state index in [1.807, 2.05) is 12.1 Å². The van der Waals surface area contributed by atoms with Crippen molar-refractivity contribution in [2.75, 3.05) is 13.7 Å². The smallest absolute Gasteiger partial charge is 0.199 e. The van der Waals surface area contributed by atoms with Gasteiger partial charge in [0.1, 0.15) is 11.9 Å². The summed E-state index contributed by atoms with van der Waals surface area (Å²) >= 11 is 0. The molecule has 1 heterocycles. The number of benzene rings is 1. The fraction of sp³-hybridized carbons (Fsp3) is 0.667. The van der Waals surface area contributed by atoms with Gasteiger partial charge in [0, 0.05) is 6.54 Å². The highest BCUT2D eigenvalue weighted by Gasteiger charge is 2.15. The molecule has 30 heavy (non-hydrogen) atoms. The molecule has 0 aromatic heterocycles. The fourth-order valence-electron chi connectivity index (χ4n) is 3.68. The number of nitrogens with two attached hydrogens (primary N) is 1. The van der Waals surface area contributed by atoms with Gasteiger partial charge >= 0.3 is 0 Å². The summed E-state index contributed by atoms with van der Waals surface area (Å²) in [5.41, 5.74) is 7.19. The average Bonchev–Trinajstić information content (AvgIpc) is 2.75. The van der Waals surface area contributed by atoms with Gasteiger partial charge in [-0.2, -0.15) is 0 Å². The molecule has 0 saturated heterocycles. The molecule has 0 fully saturated rings. The highest BCUT2D eigenvalue weighted by atomic mass is 16.5. The summed E-state index contributed by atoms with van der Waals surface area (Å²) in [4.78, 5) is 9.09. The lowest BCUT2D eigenvalue weighted by Gasteiger charge is -2.24. The van der Waals surface area contributed by atoms with E-state index in [4.69, 9.17) is 10.5 Å². The first-order valence-electron chi connectivity index (χ1n) is 11.8. The van der Waals surface area contributed by atoms with E-state index in [2.05, 4.69) is 39.7 Å². The molecular weight excluding hydrogens is 374 g/mol. The fourth-order valence-corrected chi connectivity index (χ4v) is 3.68. The second-order valence-corrected chi connectivity index (χ2v) is 8.10. The highest BCUT2D eigenvalue weighted by Crippen LogP contribution is 2.13. The number of guanidine groups is 2. The van der Waals surface area contributed by atoms with E-state index in [9.17, 15) is 0 Å². The van der Waals surface area contributed by atoms with Crippen molar-refractivity contribution in [1.82, 2.24) is 10.6 Å². The van der Waals surface area contributed by atoms with E-state index >= 15 is 0 Å². The van der Waals surface area contributed by atoms with Crippen molar-refractivity contribution >= 4 is 11.9 Å². The number of methoxy groups -OCH3 is 1. The Bertz CT molecular complexity index is 642. The van der Waals surface area contributed by atoms with E-state index in [1.165, 1.54) is 69.8 Å². The molecule has 0 amide bonds. The van der Waals surface area contributed by atoms with Crippen LogP contribution in [-0.4, -0.2) is 31.7 Å². The van der Waals surface area contributed by atoms with Crippen LogP contribution >= 0.6 is 0 Å². The molecule has 1 aliphatic rings. The van der Waals surface area contributed by atoms with Crippen LogP contribution in [0.25, 0.3) is 0 Å². The van der Waals surface area contributed by atoms with Gasteiger partial charge in [0.05, 0.1) is 7.11 Å². The van der Waals surface area contributed by atoms with Gasteiger partial charge in [0.15, 0.2) is 11.9 Å². The molecule has 0 bridgehead atoms. The SMILES string of the molecule is CCCCCCCCCCCCC1N=C(N)NC(=NCCc2ccc(OC)cc2)N1. The van der Waals surface area contributed by atoms with Crippen molar-refractivity contribution in [3.63, 3.8) is 0 Å². The minimum absolute atomic E-state index is 0.0278. The van der Waals surface area contributed by atoms with Crippen LogP contribution in [0.3, 0.4) is 0 Å². The Morgan fingerprint density at radius 2 is 1.60 bits per heavy atom.